The number of rotatable bonds is 4. The van der Waals surface area contributed by atoms with Crippen LogP contribution in [-0.2, 0) is 11.3 Å². The molecule has 1 fully saturated rings. The van der Waals surface area contributed by atoms with Gasteiger partial charge in [-0.1, -0.05) is 12.1 Å². The first-order valence-corrected chi connectivity index (χ1v) is 7.38. The average molecular weight is 293 g/mol. The van der Waals surface area contributed by atoms with E-state index in [1.165, 1.54) is 0 Å². The number of hydrogen-bond donors (Lipinski definition) is 1. The minimum absolute atomic E-state index is 0.145. The van der Waals surface area contributed by atoms with Crippen LogP contribution in [0.1, 0.15) is 12.8 Å². The van der Waals surface area contributed by atoms with Gasteiger partial charge in [-0.3, -0.25) is 9.69 Å². The van der Waals surface area contributed by atoms with Crippen molar-refractivity contribution in [2.45, 2.75) is 13.5 Å². The van der Waals surface area contributed by atoms with E-state index >= 15 is 0 Å². The minimum atomic E-state index is -0.732. The van der Waals surface area contributed by atoms with E-state index in [4.69, 9.17) is 9.63 Å². The third-order valence-electron chi connectivity index (χ3n) is 3.61. The Labute approximate surface area is 120 Å². The predicted octanol–water partition coefficient (Wildman–Crippen LogP) is 1.95. The lowest BCUT2D eigenvalue weighted by Crippen LogP contribution is -2.23. The topological polar surface area (TPSA) is 79.5 Å². The van der Waals surface area contributed by atoms with Crippen LogP contribution in [0.2, 0.25) is 0 Å². The fourth-order valence-electron chi connectivity index (χ4n) is 2.54. The Morgan fingerprint density at radius 3 is 3.10 bits per heavy atom. The van der Waals surface area contributed by atoms with E-state index in [0.29, 0.717) is 24.8 Å². The number of carboxylic acid groups (broad SMARTS) is 1. The van der Waals surface area contributed by atoms with Gasteiger partial charge >= 0.3 is 5.97 Å². The minimum Gasteiger partial charge on any atom is -0.481 e. The number of carboxylic acids is 1. The summed E-state index contributed by atoms with van der Waals surface area (Å²) in [4.78, 5) is 17.5. The number of thiophene rings is 1. The average Bonchev–Trinajstić information content (AvgIpc) is 3.09. The molecule has 2 aromatic rings. The number of aromatic nitrogens is 2. The smallest absolute Gasteiger partial charge is 0.308 e. The maximum atomic E-state index is 11.1. The van der Waals surface area contributed by atoms with Crippen LogP contribution < -0.4 is 0 Å². The van der Waals surface area contributed by atoms with Gasteiger partial charge in [0.15, 0.2) is 0 Å². The van der Waals surface area contributed by atoms with Crippen LogP contribution in [0.5, 0.6) is 0 Å². The zero-order valence-corrected chi connectivity index (χ0v) is 11.8. The highest BCUT2D eigenvalue weighted by Gasteiger charge is 2.35. The molecule has 0 saturated carbocycles. The summed E-state index contributed by atoms with van der Waals surface area (Å²) in [6.07, 6.45) is 0. The molecule has 0 radical (unpaired) electrons. The van der Waals surface area contributed by atoms with Crippen molar-refractivity contribution >= 4 is 17.3 Å². The highest BCUT2D eigenvalue weighted by Crippen LogP contribution is 2.25. The molecule has 3 rings (SSSR count). The van der Waals surface area contributed by atoms with Crippen molar-refractivity contribution in [1.82, 2.24) is 15.0 Å². The molecule has 1 saturated heterocycles. The van der Waals surface area contributed by atoms with E-state index in [9.17, 15) is 4.79 Å². The Hall–Kier alpha value is -1.73. The largest absolute Gasteiger partial charge is 0.481 e. The molecule has 0 amide bonds. The molecule has 1 aliphatic rings. The van der Waals surface area contributed by atoms with Crippen molar-refractivity contribution < 1.29 is 14.4 Å². The number of hydrogen-bond acceptors (Lipinski definition) is 6. The summed E-state index contributed by atoms with van der Waals surface area (Å²) >= 11 is 1.58. The van der Waals surface area contributed by atoms with Crippen molar-refractivity contribution in [3.63, 3.8) is 0 Å². The highest BCUT2D eigenvalue weighted by atomic mass is 32.1. The maximum absolute atomic E-state index is 11.1. The van der Waals surface area contributed by atoms with Gasteiger partial charge in [-0.25, -0.2) is 0 Å². The van der Waals surface area contributed by atoms with E-state index in [1.54, 1.807) is 11.3 Å². The quantitative estimate of drug-likeness (QED) is 0.928. The number of aliphatic carboxylic acids is 1. The Bertz CT molecular complexity index is 596. The van der Waals surface area contributed by atoms with Gasteiger partial charge in [0, 0.05) is 24.0 Å². The third kappa shape index (κ3) is 2.59. The van der Waals surface area contributed by atoms with E-state index in [2.05, 4.69) is 10.1 Å². The van der Waals surface area contributed by atoms with Gasteiger partial charge < -0.3 is 9.63 Å². The molecule has 7 heteroatoms. The van der Waals surface area contributed by atoms with Crippen molar-refractivity contribution in [3.8, 4) is 11.4 Å². The van der Waals surface area contributed by atoms with Gasteiger partial charge in [0.1, 0.15) is 0 Å². The molecular weight excluding hydrogens is 278 g/mol. The molecule has 106 valence electrons. The fourth-order valence-corrected chi connectivity index (χ4v) is 3.17. The Kier molecular flexibility index (Phi) is 3.54. The molecule has 0 spiro atoms. The van der Waals surface area contributed by atoms with Gasteiger partial charge in [-0.2, -0.15) is 16.3 Å². The molecular formula is C13H15N3O3S. The number of nitrogens with zero attached hydrogens (tertiary/aromatic N) is 3. The summed E-state index contributed by atoms with van der Waals surface area (Å²) < 4.78 is 5.24. The molecule has 0 unspecified atom stereocenters. The standard InChI is InChI=1S/C13H15N3O3S/c1-8-4-16(5-10(8)13(17)18)6-11-14-12(15-19-11)9-2-3-20-7-9/h2-3,7-8,10H,4-6H2,1H3,(H,17,18)/t8-,10-/m1/s1. The Morgan fingerprint density at radius 1 is 1.60 bits per heavy atom. The second-order valence-electron chi connectivity index (χ2n) is 5.14. The summed E-state index contributed by atoms with van der Waals surface area (Å²) in [7, 11) is 0. The zero-order valence-electron chi connectivity index (χ0n) is 11.0. The molecule has 6 nitrogen and oxygen atoms in total. The van der Waals surface area contributed by atoms with Gasteiger partial charge in [0.05, 0.1) is 12.5 Å². The normalized spacial score (nSPS) is 23.2. The van der Waals surface area contributed by atoms with Crippen LogP contribution in [0.4, 0.5) is 0 Å². The first-order chi connectivity index (χ1) is 9.63. The summed E-state index contributed by atoms with van der Waals surface area (Å²) in [6, 6.07) is 1.94. The van der Waals surface area contributed by atoms with Crippen LogP contribution >= 0.6 is 11.3 Å². The van der Waals surface area contributed by atoms with Crippen molar-refractivity contribution in [1.29, 1.82) is 0 Å². The molecule has 20 heavy (non-hydrogen) atoms. The zero-order chi connectivity index (χ0) is 14.1. The Morgan fingerprint density at radius 2 is 2.45 bits per heavy atom. The lowest BCUT2D eigenvalue weighted by molar-refractivity contribution is -0.142. The number of carbonyl (C=O) groups is 1. The first-order valence-electron chi connectivity index (χ1n) is 6.44. The van der Waals surface area contributed by atoms with Crippen molar-refractivity contribution in [3.05, 3.63) is 22.7 Å². The third-order valence-corrected chi connectivity index (χ3v) is 4.29. The molecule has 2 atom stereocenters. The van der Waals surface area contributed by atoms with E-state index in [-0.39, 0.29) is 11.8 Å². The SMILES string of the molecule is C[C@@H]1CN(Cc2nc(-c3ccsc3)no2)C[C@H]1C(=O)O. The van der Waals surface area contributed by atoms with Crippen molar-refractivity contribution in [2.75, 3.05) is 13.1 Å². The van der Waals surface area contributed by atoms with Crippen LogP contribution in [0.3, 0.4) is 0 Å². The van der Waals surface area contributed by atoms with Gasteiger partial charge in [-0.15, -0.1) is 0 Å². The molecule has 0 aliphatic carbocycles. The van der Waals surface area contributed by atoms with Crippen LogP contribution in [-0.4, -0.2) is 39.2 Å². The van der Waals surface area contributed by atoms with E-state index in [0.717, 1.165) is 12.1 Å². The highest BCUT2D eigenvalue weighted by molar-refractivity contribution is 7.08. The second-order valence-corrected chi connectivity index (χ2v) is 5.92. The summed E-state index contributed by atoms with van der Waals surface area (Å²) in [6.45, 7) is 3.74. The Balaban J connectivity index is 1.66. The van der Waals surface area contributed by atoms with Crippen LogP contribution in [0, 0.1) is 11.8 Å². The second kappa shape index (κ2) is 5.34. The number of likely N-dealkylation sites (tertiary alicyclic amines) is 1. The fraction of sp³-hybridized carbons (Fsp3) is 0.462. The maximum Gasteiger partial charge on any atom is 0.308 e. The first kappa shape index (κ1) is 13.3. The van der Waals surface area contributed by atoms with E-state index < -0.39 is 5.97 Å². The molecule has 3 heterocycles. The molecule has 1 N–H and O–H groups in total. The van der Waals surface area contributed by atoms with Crippen LogP contribution in [0.15, 0.2) is 21.3 Å². The van der Waals surface area contributed by atoms with E-state index in [1.807, 2.05) is 28.7 Å². The van der Waals surface area contributed by atoms with Crippen molar-refractivity contribution in [2.24, 2.45) is 11.8 Å². The summed E-state index contributed by atoms with van der Waals surface area (Å²) in [5, 5.41) is 17.0. The lowest BCUT2D eigenvalue weighted by atomic mass is 9.99. The van der Waals surface area contributed by atoms with Gasteiger partial charge in [0.25, 0.3) is 0 Å². The summed E-state index contributed by atoms with van der Waals surface area (Å²) in [5.41, 5.74) is 0.947. The molecule has 2 aromatic heterocycles. The molecule has 0 aromatic carbocycles. The predicted molar refractivity (Wildman–Crippen MR) is 73.2 cm³/mol. The van der Waals surface area contributed by atoms with Gasteiger partial charge in [-0.05, 0) is 17.4 Å². The monoisotopic (exact) mass is 293 g/mol. The van der Waals surface area contributed by atoms with Gasteiger partial charge in [0.2, 0.25) is 11.7 Å². The summed E-state index contributed by atoms with van der Waals surface area (Å²) in [5.74, 6) is 0.221. The molecule has 1 aliphatic heterocycles. The molecule has 0 bridgehead atoms. The van der Waals surface area contributed by atoms with Crippen LogP contribution in [0.25, 0.3) is 11.4 Å². The lowest BCUT2D eigenvalue weighted by Gasteiger charge is -2.11.